The van der Waals surface area contributed by atoms with Gasteiger partial charge in [-0.25, -0.2) is 13.6 Å². The van der Waals surface area contributed by atoms with E-state index in [1.165, 1.54) is 0 Å². The molecule has 94 valence electrons. The summed E-state index contributed by atoms with van der Waals surface area (Å²) in [7, 11) is 0. The molecule has 17 heavy (non-hydrogen) atoms. The molecule has 0 saturated heterocycles. The topological polar surface area (TPSA) is 49.3 Å². The van der Waals surface area contributed by atoms with E-state index in [1.54, 1.807) is 0 Å². The van der Waals surface area contributed by atoms with Crippen molar-refractivity contribution in [2.24, 2.45) is 5.92 Å². The highest BCUT2D eigenvalue weighted by atomic mass is 19.1. The Morgan fingerprint density at radius 2 is 2.00 bits per heavy atom. The van der Waals surface area contributed by atoms with Crippen molar-refractivity contribution in [3.63, 3.8) is 0 Å². The summed E-state index contributed by atoms with van der Waals surface area (Å²) in [5.74, 6) is -2.81. The lowest BCUT2D eigenvalue weighted by Gasteiger charge is -2.10. The maximum absolute atomic E-state index is 13.3. The van der Waals surface area contributed by atoms with Gasteiger partial charge in [-0.15, -0.1) is 0 Å². The van der Waals surface area contributed by atoms with E-state index in [0.29, 0.717) is 18.5 Å². The molecule has 0 amide bonds. The van der Waals surface area contributed by atoms with Crippen LogP contribution in [-0.2, 0) is 0 Å². The number of nitrogens with one attached hydrogen (secondary N) is 1. The first kappa shape index (κ1) is 13.4. The quantitative estimate of drug-likeness (QED) is 0.835. The van der Waals surface area contributed by atoms with Crippen molar-refractivity contribution in [1.82, 2.24) is 0 Å². The van der Waals surface area contributed by atoms with Crippen molar-refractivity contribution >= 4 is 11.7 Å². The molecule has 0 atom stereocenters. The van der Waals surface area contributed by atoms with Gasteiger partial charge in [0.1, 0.15) is 11.6 Å². The van der Waals surface area contributed by atoms with Crippen LogP contribution in [0.25, 0.3) is 0 Å². The summed E-state index contributed by atoms with van der Waals surface area (Å²) in [5, 5.41) is 11.5. The largest absolute Gasteiger partial charge is 0.478 e. The van der Waals surface area contributed by atoms with Crippen molar-refractivity contribution in [1.29, 1.82) is 0 Å². The summed E-state index contributed by atoms with van der Waals surface area (Å²) in [6.07, 6.45) is 0.819. The zero-order valence-corrected chi connectivity index (χ0v) is 9.76. The molecule has 0 aliphatic rings. The molecule has 0 aromatic heterocycles. The fourth-order valence-corrected chi connectivity index (χ4v) is 1.34. The summed E-state index contributed by atoms with van der Waals surface area (Å²) in [6.45, 7) is 4.55. The summed E-state index contributed by atoms with van der Waals surface area (Å²) >= 11 is 0. The van der Waals surface area contributed by atoms with Crippen LogP contribution < -0.4 is 5.32 Å². The summed E-state index contributed by atoms with van der Waals surface area (Å²) < 4.78 is 26.4. The second kappa shape index (κ2) is 5.61. The highest BCUT2D eigenvalue weighted by Crippen LogP contribution is 2.19. The van der Waals surface area contributed by atoms with E-state index in [1.807, 2.05) is 13.8 Å². The zero-order chi connectivity index (χ0) is 13.0. The van der Waals surface area contributed by atoms with Crippen LogP contribution in [0.4, 0.5) is 14.5 Å². The highest BCUT2D eigenvalue weighted by molar-refractivity contribution is 5.89. The number of halogens is 2. The fourth-order valence-electron chi connectivity index (χ4n) is 1.34. The van der Waals surface area contributed by atoms with Gasteiger partial charge in [0.25, 0.3) is 0 Å². The van der Waals surface area contributed by atoms with Gasteiger partial charge in [0.2, 0.25) is 0 Å². The Hall–Kier alpha value is -1.65. The summed E-state index contributed by atoms with van der Waals surface area (Å²) in [6, 6.07) is 1.56. The van der Waals surface area contributed by atoms with Gasteiger partial charge in [0.05, 0.1) is 11.3 Å². The molecular formula is C12H15F2NO2. The zero-order valence-electron chi connectivity index (χ0n) is 9.76. The Morgan fingerprint density at radius 1 is 1.35 bits per heavy atom. The minimum absolute atomic E-state index is 0.0180. The molecule has 1 aromatic rings. The molecule has 3 nitrogen and oxygen atoms in total. The van der Waals surface area contributed by atoms with Crippen molar-refractivity contribution < 1.29 is 18.7 Å². The molecule has 0 radical (unpaired) electrons. The third-order valence-electron chi connectivity index (χ3n) is 2.32. The molecular weight excluding hydrogens is 228 g/mol. The number of hydrogen-bond acceptors (Lipinski definition) is 2. The lowest BCUT2D eigenvalue weighted by atomic mass is 10.1. The molecule has 0 fully saturated rings. The fraction of sp³-hybridized carbons (Fsp3) is 0.417. The van der Waals surface area contributed by atoms with Crippen LogP contribution in [0.5, 0.6) is 0 Å². The summed E-state index contributed by atoms with van der Waals surface area (Å²) in [4.78, 5) is 10.7. The van der Waals surface area contributed by atoms with Gasteiger partial charge in [-0.3, -0.25) is 0 Å². The molecule has 5 heteroatoms. The van der Waals surface area contributed by atoms with Gasteiger partial charge in [-0.2, -0.15) is 0 Å². The third kappa shape index (κ3) is 3.69. The summed E-state index contributed by atoms with van der Waals surface area (Å²) in [5.41, 5.74) is -0.511. The van der Waals surface area contributed by atoms with Gasteiger partial charge in [0, 0.05) is 12.6 Å². The Morgan fingerprint density at radius 3 is 2.53 bits per heavy atom. The van der Waals surface area contributed by atoms with Crippen molar-refractivity contribution in [2.75, 3.05) is 11.9 Å². The van der Waals surface area contributed by atoms with Gasteiger partial charge in [-0.05, 0) is 18.4 Å². The molecule has 0 heterocycles. The van der Waals surface area contributed by atoms with Crippen LogP contribution in [0.15, 0.2) is 12.1 Å². The molecule has 0 unspecified atom stereocenters. The van der Waals surface area contributed by atoms with Crippen molar-refractivity contribution in [3.05, 3.63) is 29.3 Å². The maximum Gasteiger partial charge on any atom is 0.338 e. The highest BCUT2D eigenvalue weighted by Gasteiger charge is 2.14. The maximum atomic E-state index is 13.3. The Balaban J connectivity index is 2.84. The number of rotatable bonds is 5. The van der Waals surface area contributed by atoms with E-state index in [-0.39, 0.29) is 5.69 Å². The third-order valence-corrected chi connectivity index (χ3v) is 2.32. The average molecular weight is 243 g/mol. The molecule has 1 aromatic carbocycles. The Labute approximate surface area is 98.5 Å². The van der Waals surface area contributed by atoms with E-state index in [0.717, 1.165) is 12.5 Å². The van der Waals surface area contributed by atoms with Crippen LogP contribution in [0.3, 0.4) is 0 Å². The van der Waals surface area contributed by atoms with Crippen molar-refractivity contribution in [3.8, 4) is 0 Å². The Bertz CT molecular complexity index is 419. The second-order valence-corrected chi connectivity index (χ2v) is 4.23. The van der Waals surface area contributed by atoms with Crippen LogP contribution >= 0.6 is 0 Å². The molecule has 0 aliphatic heterocycles. The van der Waals surface area contributed by atoms with E-state index in [2.05, 4.69) is 5.32 Å². The first-order valence-corrected chi connectivity index (χ1v) is 5.38. The number of benzene rings is 1. The smallest absolute Gasteiger partial charge is 0.338 e. The Kier molecular flexibility index (Phi) is 4.43. The average Bonchev–Trinajstić information content (AvgIpc) is 2.20. The predicted octanol–water partition coefficient (Wildman–Crippen LogP) is 3.12. The van der Waals surface area contributed by atoms with Gasteiger partial charge in [-0.1, -0.05) is 13.8 Å². The first-order chi connectivity index (χ1) is 7.91. The van der Waals surface area contributed by atoms with Crippen molar-refractivity contribution in [2.45, 2.75) is 20.3 Å². The van der Waals surface area contributed by atoms with Gasteiger partial charge in [0.15, 0.2) is 0 Å². The van der Waals surface area contributed by atoms with Crippen LogP contribution in [-0.4, -0.2) is 17.6 Å². The number of anilines is 1. The molecule has 1 rings (SSSR count). The standard InChI is InChI=1S/C12H15F2NO2/c1-7(2)3-4-15-11-5-8(12(16)17)9(13)6-10(11)14/h5-7,15H,3-4H2,1-2H3,(H,16,17). The monoisotopic (exact) mass is 243 g/mol. The van der Waals surface area contributed by atoms with Gasteiger partial charge < -0.3 is 10.4 Å². The second-order valence-electron chi connectivity index (χ2n) is 4.23. The van der Waals surface area contributed by atoms with Gasteiger partial charge >= 0.3 is 5.97 Å². The number of carboxylic acids is 1. The molecule has 0 bridgehead atoms. The number of carboxylic acid groups (broad SMARTS) is 1. The van der Waals surface area contributed by atoms with E-state index in [9.17, 15) is 13.6 Å². The van der Waals surface area contributed by atoms with Crippen LogP contribution in [0.2, 0.25) is 0 Å². The first-order valence-electron chi connectivity index (χ1n) is 5.38. The SMILES string of the molecule is CC(C)CCNc1cc(C(=O)O)c(F)cc1F. The number of hydrogen-bond donors (Lipinski definition) is 2. The van der Waals surface area contributed by atoms with Crippen LogP contribution in [0.1, 0.15) is 30.6 Å². The van der Waals surface area contributed by atoms with E-state index >= 15 is 0 Å². The normalized spacial score (nSPS) is 10.6. The lowest BCUT2D eigenvalue weighted by molar-refractivity contribution is 0.0692. The van der Waals surface area contributed by atoms with E-state index < -0.39 is 23.2 Å². The minimum Gasteiger partial charge on any atom is -0.478 e. The molecule has 2 N–H and O–H groups in total. The number of carbonyl (C=O) groups is 1. The molecule has 0 saturated carbocycles. The molecule has 0 spiro atoms. The predicted molar refractivity (Wildman–Crippen MR) is 61.3 cm³/mol. The van der Waals surface area contributed by atoms with E-state index in [4.69, 9.17) is 5.11 Å². The van der Waals surface area contributed by atoms with Crippen LogP contribution in [0, 0.1) is 17.6 Å². The minimum atomic E-state index is -1.41. The number of aromatic carboxylic acids is 1. The molecule has 0 aliphatic carbocycles. The lowest BCUT2D eigenvalue weighted by Crippen LogP contribution is -2.09.